The van der Waals surface area contributed by atoms with Crippen molar-refractivity contribution in [2.45, 2.75) is 111 Å². The molecule has 0 unspecified atom stereocenters. The van der Waals surface area contributed by atoms with Crippen LogP contribution in [0.5, 0.6) is 0 Å². The number of alkyl halides is 4. The molecule has 0 saturated carbocycles. The fraction of sp³-hybridized carbons (Fsp3) is 0.418. The van der Waals surface area contributed by atoms with Gasteiger partial charge in [-0.05, 0) is 72.2 Å². The Morgan fingerprint density at radius 2 is 1.05 bits per heavy atom. The summed E-state index contributed by atoms with van der Waals surface area (Å²) >= 11 is 0. The van der Waals surface area contributed by atoms with Crippen LogP contribution in [0.3, 0.4) is 0 Å². The van der Waals surface area contributed by atoms with E-state index in [-0.39, 0.29) is 101 Å². The van der Waals surface area contributed by atoms with Crippen LogP contribution in [-0.2, 0) is 63.9 Å². The van der Waals surface area contributed by atoms with E-state index < -0.39 is 52.0 Å². The quantitative estimate of drug-likeness (QED) is 0.0405. The highest BCUT2D eigenvalue weighted by atomic mass is 36.0. The number of carbonyl (C=O) groups is 6. The van der Waals surface area contributed by atoms with E-state index in [4.69, 9.17) is 24.5 Å². The van der Waals surface area contributed by atoms with Crippen molar-refractivity contribution in [1.82, 2.24) is 5.32 Å². The van der Waals surface area contributed by atoms with Gasteiger partial charge in [0.25, 0.3) is 17.8 Å². The first-order valence-corrected chi connectivity index (χ1v) is 26.7. The molecule has 0 aromatic heterocycles. The summed E-state index contributed by atoms with van der Waals surface area (Å²) in [7, 11) is 7.36. The predicted octanol–water partition coefficient (Wildman–Crippen LogP) is 10.7. The third-order valence-electron chi connectivity index (χ3n) is 11.4. The van der Waals surface area contributed by atoms with Crippen molar-refractivity contribution in [3.8, 4) is 0 Å². The lowest BCUT2D eigenvalue weighted by Crippen LogP contribution is -2.30. The Morgan fingerprint density at radius 1 is 0.658 bits per heavy atom. The number of aliphatic imine (C=N–C) groups is 2. The first-order chi connectivity index (χ1) is 35.5. The minimum Gasteiger partial charge on any atom is -0.478 e. The third kappa shape index (κ3) is 27.6. The third-order valence-corrected chi connectivity index (χ3v) is 11.4. The number of ether oxygens (including phenoxy) is 2. The Morgan fingerprint density at radius 3 is 1.45 bits per heavy atom. The number of benzene rings is 4. The molecule has 2 heterocycles. The number of Topliss-reactive ketones (excluding diaryl/α,β-unsaturated/α-hetero) is 2. The Hall–Kier alpha value is -6.15. The SMILES string of the molecule is C.C[C@@H](CCC(=O)CN)C(=O)OCc1ccccc1.C[C@@H](CCC(=O)CNC(=O)c1cccc(CC2=NCC(F)(F)CC2)c1)C(=O)OCc1ccccc1.O=C(O)c1cccc(CC2=NCC(F)(F)CC2)c1.O=S(Cl)Cl. The number of hydrogen-bond donors (Lipinski definition) is 3. The maximum Gasteiger partial charge on any atom is 0.335 e. The number of carboxylic acid groups (broad SMARTS) is 1. The van der Waals surface area contributed by atoms with E-state index in [0.717, 1.165) is 22.3 Å². The summed E-state index contributed by atoms with van der Waals surface area (Å²) < 4.78 is 71.9. The highest BCUT2D eigenvalue weighted by Gasteiger charge is 2.33. The molecule has 0 radical (unpaired) electrons. The van der Waals surface area contributed by atoms with Gasteiger partial charge in [-0.25, -0.2) is 26.6 Å². The zero-order chi connectivity index (χ0) is 55.4. The summed E-state index contributed by atoms with van der Waals surface area (Å²) in [6.45, 7) is 2.87. The predicted molar refractivity (Wildman–Crippen MR) is 287 cm³/mol. The highest BCUT2D eigenvalue weighted by Crippen LogP contribution is 2.27. The number of amides is 1. The van der Waals surface area contributed by atoms with Gasteiger partial charge < -0.3 is 25.6 Å². The molecule has 2 aliphatic rings. The standard InChI is InChI=1S/C27H30F2N2O4.C14H19NO3.C13H13F2NO2.CH4.Cl2OS/c1-19(26(34)35-17-20-6-3-2-4-7-20)10-11-24(32)16-30-25(33)22-9-5-8-21(14-22)15-23-12-13-27(28,29)18-31-23;1-11(7-8-13(16)9-15)14(17)18-10-12-5-3-2-4-6-12;14-13(15)5-4-11(16-8-13)7-9-2-1-3-10(6-9)12(17)18;;1-4(2)3/h2-9,14,19H,10-13,15-18H2,1H3,(H,30,33);2-6,11H,7-10,15H2,1H3;1-3,6H,4-5,7-8H2,(H,17,18);1H4;/t19-;11-;;;/m00.../s1. The van der Waals surface area contributed by atoms with Crippen molar-refractivity contribution >= 4 is 77.4 Å². The molecule has 1 amide bonds. The van der Waals surface area contributed by atoms with Gasteiger partial charge in [0.05, 0.1) is 30.5 Å². The van der Waals surface area contributed by atoms with Crippen LogP contribution < -0.4 is 11.1 Å². The molecule has 0 fully saturated rings. The molecule has 0 bridgehead atoms. The Labute approximate surface area is 452 Å². The Kier molecular flexibility index (Phi) is 29.9. The van der Waals surface area contributed by atoms with Crippen molar-refractivity contribution < 1.29 is 65.1 Å². The normalized spacial score (nSPS) is 14.8. The molecule has 4 aromatic carbocycles. The topological polar surface area (TPSA) is 221 Å². The second-order valence-corrected chi connectivity index (χ2v) is 20.3. The zero-order valence-corrected chi connectivity index (χ0v) is 44.0. The number of nitrogens with two attached hydrogens (primary N) is 1. The first kappa shape index (κ1) is 66.0. The van der Waals surface area contributed by atoms with Crippen molar-refractivity contribution in [1.29, 1.82) is 0 Å². The van der Waals surface area contributed by atoms with Crippen LogP contribution in [0, 0.1) is 11.8 Å². The molecule has 0 saturated heterocycles. The van der Waals surface area contributed by atoms with Crippen LogP contribution in [0.25, 0.3) is 0 Å². The number of nitrogens with zero attached hydrogens (tertiary/aromatic N) is 2. The van der Waals surface area contributed by atoms with E-state index in [2.05, 4.69) is 36.7 Å². The molecule has 4 N–H and O–H groups in total. The van der Waals surface area contributed by atoms with Crippen molar-refractivity contribution in [2.75, 3.05) is 26.2 Å². The van der Waals surface area contributed by atoms with Gasteiger partial charge in [-0.15, -0.1) is 0 Å². The number of esters is 2. The zero-order valence-electron chi connectivity index (χ0n) is 41.6. The molecule has 414 valence electrons. The lowest BCUT2D eigenvalue weighted by atomic mass is 9.98. The summed E-state index contributed by atoms with van der Waals surface area (Å²) in [5, 5.41) is 11.5. The summed E-state index contributed by atoms with van der Waals surface area (Å²) in [5.74, 6) is -8.38. The molecule has 6 rings (SSSR count). The van der Waals surface area contributed by atoms with Gasteiger partial charge in [0, 0.05) is 76.9 Å². The highest BCUT2D eigenvalue weighted by molar-refractivity contribution is 8.26. The monoisotopic (exact) mass is 1120 g/mol. The maximum atomic E-state index is 13.3. The maximum absolute atomic E-state index is 13.3. The van der Waals surface area contributed by atoms with E-state index in [1.165, 1.54) is 6.07 Å². The molecule has 2 aliphatic heterocycles. The van der Waals surface area contributed by atoms with Crippen LogP contribution in [0.1, 0.15) is 116 Å². The minimum atomic E-state index is -2.74. The molecular formula is C55H66Cl2F4N4O10S. The Bertz CT molecular complexity index is 2590. The van der Waals surface area contributed by atoms with E-state index in [9.17, 15) is 46.3 Å². The van der Waals surface area contributed by atoms with Crippen molar-refractivity contribution in [3.05, 3.63) is 143 Å². The lowest BCUT2D eigenvalue weighted by molar-refractivity contribution is -0.150. The average Bonchev–Trinajstić information content (AvgIpc) is 3.39. The summed E-state index contributed by atoms with van der Waals surface area (Å²) in [5.41, 5.74) is 10.6. The summed E-state index contributed by atoms with van der Waals surface area (Å²) in [6.07, 6.45) is 2.26. The smallest absolute Gasteiger partial charge is 0.335 e. The summed E-state index contributed by atoms with van der Waals surface area (Å²) in [4.78, 5) is 78.2. The molecule has 21 heteroatoms. The number of aromatic carboxylic acids is 1. The van der Waals surface area contributed by atoms with E-state index >= 15 is 0 Å². The van der Waals surface area contributed by atoms with Crippen molar-refractivity contribution in [2.24, 2.45) is 27.6 Å². The van der Waals surface area contributed by atoms with Gasteiger partial charge >= 0.3 is 17.9 Å². The minimum absolute atomic E-state index is 0. The molecule has 14 nitrogen and oxygen atoms in total. The fourth-order valence-corrected chi connectivity index (χ4v) is 7.03. The fourth-order valence-electron chi connectivity index (χ4n) is 7.03. The largest absolute Gasteiger partial charge is 0.478 e. The number of nitrogens with one attached hydrogen (secondary N) is 1. The Balaban J connectivity index is 0.000000406. The molecule has 0 aliphatic carbocycles. The van der Waals surface area contributed by atoms with Gasteiger partial charge in [0.2, 0.25) is 9.23 Å². The van der Waals surface area contributed by atoms with E-state index in [1.54, 1.807) is 50.2 Å². The van der Waals surface area contributed by atoms with Gasteiger partial charge in [0.15, 0.2) is 5.78 Å². The summed E-state index contributed by atoms with van der Waals surface area (Å²) in [6, 6.07) is 32.2. The molecular weight excluding hydrogens is 1060 g/mol. The second kappa shape index (κ2) is 34.5. The number of halogens is 6. The van der Waals surface area contributed by atoms with E-state index in [0.29, 0.717) is 49.1 Å². The number of carbonyl (C=O) groups excluding carboxylic acids is 5. The molecule has 4 aromatic rings. The first-order valence-electron chi connectivity index (χ1n) is 23.9. The van der Waals surface area contributed by atoms with Crippen LogP contribution in [0.2, 0.25) is 0 Å². The second-order valence-electron chi connectivity index (χ2n) is 17.8. The van der Waals surface area contributed by atoms with Gasteiger partial charge in [0.1, 0.15) is 32.1 Å². The van der Waals surface area contributed by atoms with Crippen molar-refractivity contribution in [3.63, 3.8) is 0 Å². The molecule has 2 atom stereocenters. The molecule has 76 heavy (non-hydrogen) atoms. The number of hydrogen-bond acceptors (Lipinski definition) is 12. The lowest BCUT2D eigenvalue weighted by Gasteiger charge is -2.20. The van der Waals surface area contributed by atoms with Crippen LogP contribution >= 0.6 is 21.4 Å². The van der Waals surface area contributed by atoms with Crippen LogP contribution in [-0.4, -0.2) is 94.1 Å². The van der Waals surface area contributed by atoms with Crippen LogP contribution in [0.4, 0.5) is 17.6 Å². The van der Waals surface area contributed by atoms with Gasteiger partial charge in [-0.2, -0.15) is 0 Å². The average molecular weight is 1120 g/mol. The number of carboxylic acids is 1. The van der Waals surface area contributed by atoms with Gasteiger partial charge in [-0.3, -0.25) is 34.0 Å². The number of ketones is 2. The van der Waals surface area contributed by atoms with E-state index in [1.807, 2.05) is 66.7 Å². The van der Waals surface area contributed by atoms with Gasteiger partial charge in [-0.1, -0.05) is 106 Å². The number of rotatable bonds is 21. The van der Waals surface area contributed by atoms with Crippen LogP contribution in [0.15, 0.2) is 119 Å². The molecule has 0 spiro atoms.